The quantitative estimate of drug-likeness (QED) is 0.0498. The molecule has 4 aromatic carbocycles. The maximum absolute atomic E-state index is 16.3. The van der Waals surface area contributed by atoms with Crippen molar-refractivity contribution in [3.63, 3.8) is 0 Å². The Balaban J connectivity index is 0.784. The summed E-state index contributed by atoms with van der Waals surface area (Å²) in [6, 6.07) is 20.7. The molecule has 1 aromatic heterocycles. The highest BCUT2D eigenvalue weighted by Gasteiger charge is 2.72. The minimum Gasteiger partial charge on any atom is -0.391 e. The number of unbranched alkanes of at least 4 members (excludes halogenated alkanes) is 1. The number of halogens is 3. The molecule has 19 heteroatoms. The van der Waals surface area contributed by atoms with Gasteiger partial charge in [-0.05, 0) is 110 Å². The number of rotatable bonds is 15. The van der Waals surface area contributed by atoms with E-state index in [1.54, 1.807) is 71.4 Å². The van der Waals surface area contributed by atoms with E-state index < -0.39 is 70.1 Å². The smallest absolute Gasteiger partial charge is 0.251 e. The molecule has 77 heavy (non-hydrogen) atoms. The summed E-state index contributed by atoms with van der Waals surface area (Å²) in [6.45, 7) is 9.51. The molecular weight excluding hydrogens is 1040 g/mol. The van der Waals surface area contributed by atoms with Crippen LogP contribution in [-0.2, 0) is 29.4 Å². The standard InChI is InChI=1S/C58H65Cl2FN8O7S/c1-32(34-15-17-35(18-16-34)49-33(2)63-31-77-49)64-52(73)44-29-39(70)30-69(44)54(75)50(56(3,4)5)67-45(71)14-7-10-27-62-51(72)36-19-22-38(23-20-36)65-53(74)48-46(40-12-11-13-42(60)47(40)61)58(57(68-48)25-8-6-9-26-57)41-24-21-37(59)28-43(41)66-55(58)76/h11-13,15-24,28,31-32,39,44,46,48,50,68,70H,6-10,14,25-27,29-30H2,1-5H3,(H,62,72)(H,64,73)(H,65,74)(H,66,76)(H,67,71)/t32-,39+,44-,46-,48+,50+,58+/m0/s1. The van der Waals surface area contributed by atoms with E-state index in [0.717, 1.165) is 41.0 Å². The van der Waals surface area contributed by atoms with Gasteiger partial charge in [-0.3, -0.25) is 34.1 Å². The number of aliphatic hydroxyl groups excluding tert-OH is 1. The van der Waals surface area contributed by atoms with Crippen molar-refractivity contribution in [3.05, 3.63) is 134 Å². The van der Waals surface area contributed by atoms with E-state index in [2.05, 4.69) is 36.9 Å². The number of β-amino-alcohol motifs (C(OH)–C–C–N with tert-alkyl or cyclic N) is 1. The normalized spacial score (nSPS) is 22.3. The average molecular weight is 1110 g/mol. The number of aliphatic hydroxyl groups is 1. The zero-order valence-corrected chi connectivity index (χ0v) is 46.1. The van der Waals surface area contributed by atoms with E-state index in [1.165, 1.54) is 11.0 Å². The number of aromatic nitrogens is 1. The van der Waals surface area contributed by atoms with Crippen LogP contribution < -0.4 is 31.9 Å². The number of hydrogen-bond acceptors (Lipinski definition) is 10. The number of fused-ring (bicyclic) bond motifs is 3. The highest BCUT2D eigenvalue weighted by molar-refractivity contribution is 7.13. The van der Waals surface area contributed by atoms with Crippen LogP contribution >= 0.6 is 34.5 Å². The Morgan fingerprint density at radius 1 is 0.935 bits per heavy atom. The van der Waals surface area contributed by atoms with Crippen LogP contribution in [0.25, 0.3) is 10.4 Å². The number of anilines is 2. The second-order valence-electron chi connectivity index (χ2n) is 22.0. The molecule has 1 saturated carbocycles. The lowest BCUT2D eigenvalue weighted by atomic mass is 9.55. The molecule has 7 N–H and O–H groups in total. The molecule has 406 valence electrons. The highest BCUT2D eigenvalue weighted by atomic mass is 35.5. The van der Waals surface area contributed by atoms with E-state index in [-0.39, 0.29) is 60.3 Å². The van der Waals surface area contributed by atoms with Crippen molar-refractivity contribution in [1.29, 1.82) is 0 Å². The molecule has 9 rings (SSSR count). The van der Waals surface area contributed by atoms with Gasteiger partial charge in [0.25, 0.3) is 5.91 Å². The Hall–Kier alpha value is -6.24. The molecule has 2 spiro atoms. The van der Waals surface area contributed by atoms with Crippen LogP contribution in [0.5, 0.6) is 0 Å². The fraction of sp³-hybridized carbons (Fsp3) is 0.431. The predicted molar refractivity (Wildman–Crippen MR) is 296 cm³/mol. The fourth-order valence-corrected chi connectivity index (χ4v) is 13.3. The van der Waals surface area contributed by atoms with Gasteiger partial charge in [-0.2, -0.15) is 0 Å². The van der Waals surface area contributed by atoms with Crippen molar-refractivity contribution in [3.8, 4) is 10.4 Å². The number of nitrogens with zero attached hydrogens (tertiary/aromatic N) is 2. The average Bonchev–Trinajstić information content (AvgIpc) is 3.89. The fourth-order valence-electron chi connectivity index (χ4n) is 12.1. The first-order valence-corrected chi connectivity index (χ1v) is 28.0. The van der Waals surface area contributed by atoms with E-state index in [9.17, 15) is 33.9 Å². The third-order valence-corrected chi connectivity index (χ3v) is 17.4. The summed E-state index contributed by atoms with van der Waals surface area (Å²) in [6.07, 6.45) is 3.77. The number of carbonyl (C=O) groups excluding carboxylic acids is 6. The molecule has 7 atom stereocenters. The van der Waals surface area contributed by atoms with Gasteiger partial charge in [0.2, 0.25) is 29.5 Å². The Morgan fingerprint density at radius 2 is 1.66 bits per heavy atom. The van der Waals surface area contributed by atoms with Gasteiger partial charge in [0.05, 0.1) is 39.3 Å². The number of nitrogens with one attached hydrogen (secondary N) is 6. The molecule has 4 aliphatic rings. The molecular formula is C58H65Cl2FN8O7S. The Morgan fingerprint density at radius 3 is 2.35 bits per heavy atom. The number of likely N-dealkylation sites (tertiary alicyclic amines) is 1. The summed E-state index contributed by atoms with van der Waals surface area (Å²) in [7, 11) is 0. The van der Waals surface area contributed by atoms with Crippen molar-refractivity contribution in [2.45, 2.75) is 140 Å². The molecule has 4 heterocycles. The van der Waals surface area contributed by atoms with Gasteiger partial charge >= 0.3 is 0 Å². The summed E-state index contributed by atoms with van der Waals surface area (Å²) in [5, 5.41) is 29.4. The lowest BCUT2D eigenvalue weighted by Crippen LogP contribution is -2.60. The monoisotopic (exact) mass is 1110 g/mol. The van der Waals surface area contributed by atoms with Crippen molar-refractivity contribution >= 4 is 81.4 Å². The molecule has 6 amide bonds. The van der Waals surface area contributed by atoms with E-state index in [0.29, 0.717) is 53.2 Å². The first-order chi connectivity index (χ1) is 36.7. The second-order valence-corrected chi connectivity index (χ2v) is 23.7. The van der Waals surface area contributed by atoms with E-state index >= 15 is 4.39 Å². The Labute approximate surface area is 461 Å². The number of benzene rings is 4. The first-order valence-electron chi connectivity index (χ1n) is 26.3. The zero-order valence-electron chi connectivity index (χ0n) is 43.7. The molecule has 0 radical (unpaired) electrons. The van der Waals surface area contributed by atoms with Crippen LogP contribution in [0, 0.1) is 18.2 Å². The SMILES string of the molecule is Cc1ncsc1-c1ccc([C@H](C)NC(=O)[C@@H]2C[C@@H](O)CN2C(=O)[C@@H](NC(=O)CCCCNC(=O)c2ccc(NC(=O)[C@@H]3NC4(CCCCC4)[C@@]4(C(=O)Nc5cc(Cl)ccc54)[C@H]3c3cccc(Cl)c3F)cc2)C(C)(C)C)cc1. The minimum atomic E-state index is -1.39. The molecule has 2 saturated heterocycles. The van der Waals surface area contributed by atoms with Crippen molar-refractivity contribution in [2.75, 3.05) is 23.7 Å². The van der Waals surface area contributed by atoms with Crippen LogP contribution in [0.3, 0.4) is 0 Å². The summed E-state index contributed by atoms with van der Waals surface area (Å²) >= 11 is 14.4. The molecule has 5 aromatic rings. The third kappa shape index (κ3) is 11.0. The second kappa shape index (κ2) is 22.6. The number of aryl methyl sites for hydroxylation is 1. The van der Waals surface area contributed by atoms with Crippen LogP contribution in [0.2, 0.25) is 10.0 Å². The van der Waals surface area contributed by atoms with Crippen LogP contribution in [0.1, 0.15) is 130 Å². The number of amides is 6. The van der Waals surface area contributed by atoms with Gasteiger partial charge in [-0.1, -0.05) is 106 Å². The van der Waals surface area contributed by atoms with Gasteiger partial charge < -0.3 is 36.6 Å². The zero-order chi connectivity index (χ0) is 55.0. The maximum atomic E-state index is 16.3. The van der Waals surface area contributed by atoms with E-state index in [4.69, 9.17) is 23.2 Å². The van der Waals surface area contributed by atoms with Crippen molar-refractivity contribution in [2.24, 2.45) is 5.41 Å². The minimum absolute atomic E-state index is 0.0475. The van der Waals surface area contributed by atoms with Gasteiger partial charge in [0, 0.05) is 59.3 Å². The summed E-state index contributed by atoms with van der Waals surface area (Å²) in [4.78, 5) is 90.7. The number of carbonyl (C=O) groups is 6. The summed E-state index contributed by atoms with van der Waals surface area (Å²) in [5.74, 6) is -4.13. The molecule has 3 aliphatic heterocycles. The van der Waals surface area contributed by atoms with Gasteiger partial charge in [-0.25, -0.2) is 9.37 Å². The first kappa shape index (κ1) is 55.5. The van der Waals surface area contributed by atoms with Crippen LogP contribution in [-0.4, -0.2) is 93.3 Å². The lowest BCUT2D eigenvalue weighted by molar-refractivity contribution is -0.144. The predicted octanol–water partition coefficient (Wildman–Crippen LogP) is 9.12. The van der Waals surface area contributed by atoms with Gasteiger partial charge in [0.15, 0.2) is 0 Å². The molecule has 3 fully saturated rings. The van der Waals surface area contributed by atoms with E-state index in [1.807, 2.05) is 58.9 Å². The largest absolute Gasteiger partial charge is 0.391 e. The van der Waals surface area contributed by atoms with Gasteiger partial charge in [0.1, 0.15) is 23.3 Å². The van der Waals surface area contributed by atoms with Crippen LogP contribution in [0.15, 0.2) is 90.4 Å². The molecule has 1 aliphatic carbocycles. The molecule has 0 bridgehead atoms. The Bertz CT molecular complexity index is 3070. The maximum Gasteiger partial charge on any atom is 0.251 e. The third-order valence-electron chi connectivity index (χ3n) is 15.9. The van der Waals surface area contributed by atoms with Crippen molar-refractivity contribution < 1.29 is 38.3 Å². The lowest BCUT2D eigenvalue weighted by Gasteiger charge is -2.47. The number of hydrogen-bond donors (Lipinski definition) is 7. The molecule has 15 nitrogen and oxygen atoms in total. The van der Waals surface area contributed by atoms with Crippen molar-refractivity contribution in [1.82, 2.24) is 31.2 Å². The summed E-state index contributed by atoms with van der Waals surface area (Å²) in [5.41, 5.74) is 3.65. The number of thiazole rings is 1. The highest BCUT2D eigenvalue weighted by Crippen LogP contribution is 2.63. The Kier molecular flexibility index (Phi) is 16.3. The summed E-state index contributed by atoms with van der Waals surface area (Å²) < 4.78 is 16.3. The molecule has 0 unspecified atom stereocenters. The van der Waals surface area contributed by atoms with Gasteiger partial charge in [-0.15, -0.1) is 11.3 Å². The van der Waals surface area contributed by atoms with Crippen LogP contribution in [0.4, 0.5) is 15.8 Å². The topological polar surface area (TPSA) is 211 Å².